The van der Waals surface area contributed by atoms with Crippen molar-refractivity contribution in [1.82, 2.24) is 15.2 Å². The molecule has 3 heterocycles. The highest BCUT2D eigenvalue weighted by Gasteiger charge is 2.32. The number of aromatic nitrogens is 4. The number of benzene rings is 2. The van der Waals surface area contributed by atoms with Gasteiger partial charge in [0.25, 0.3) is 6.20 Å². The number of oxazole rings is 1. The van der Waals surface area contributed by atoms with Crippen LogP contribution in [0.3, 0.4) is 0 Å². The summed E-state index contributed by atoms with van der Waals surface area (Å²) in [6.07, 6.45) is -1.98. The number of amides is 3. The van der Waals surface area contributed by atoms with E-state index in [1.807, 2.05) is 18.2 Å². The summed E-state index contributed by atoms with van der Waals surface area (Å²) in [6, 6.07) is 16.2. The average molecular weight is 579 g/mol. The third-order valence-corrected chi connectivity index (χ3v) is 5.84. The van der Waals surface area contributed by atoms with Crippen molar-refractivity contribution in [3.63, 3.8) is 0 Å². The monoisotopic (exact) mass is 578 g/mol. The molecule has 3 N–H and O–H groups in total. The summed E-state index contributed by atoms with van der Waals surface area (Å²) >= 11 is 0. The highest BCUT2D eigenvalue weighted by molar-refractivity contribution is 6.00. The lowest BCUT2D eigenvalue weighted by atomic mass is 10.1. The van der Waals surface area contributed by atoms with Crippen LogP contribution in [0.5, 0.6) is 0 Å². The minimum absolute atomic E-state index is 0.0539. The number of carbonyl (C=O) groups is 2. The molecule has 0 aliphatic rings. The molecule has 3 aromatic heterocycles. The molecule has 0 saturated heterocycles. The van der Waals surface area contributed by atoms with Gasteiger partial charge in [0.1, 0.15) is 11.5 Å². The van der Waals surface area contributed by atoms with E-state index in [4.69, 9.17) is 8.94 Å². The number of nitrogens with one attached hydrogen (secondary N) is 3. The lowest BCUT2D eigenvalue weighted by molar-refractivity contribution is -0.755. The molecule has 2 aromatic carbocycles. The van der Waals surface area contributed by atoms with Crippen LogP contribution in [-0.4, -0.2) is 27.2 Å². The van der Waals surface area contributed by atoms with E-state index in [0.29, 0.717) is 28.6 Å². The van der Waals surface area contributed by atoms with Crippen LogP contribution in [0, 0.1) is 6.92 Å². The molecule has 5 rings (SSSR count). The van der Waals surface area contributed by atoms with Crippen molar-refractivity contribution in [2.24, 2.45) is 0 Å². The van der Waals surface area contributed by atoms with Gasteiger partial charge in [-0.1, -0.05) is 24.3 Å². The molecule has 42 heavy (non-hydrogen) atoms. The third-order valence-electron chi connectivity index (χ3n) is 5.84. The molecule has 0 bridgehead atoms. The second kappa shape index (κ2) is 11.9. The molecule has 0 atom stereocenters. The predicted molar refractivity (Wildman–Crippen MR) is 143 cm³/mol. The van der Waals surface area contributed by atoms with Crippen LogP contribution >= 0.6 is 0 Å². The minimum Gasteiger partial charge on any atom is -0.441 e. The van der Waals surface area contributed by atoms with Crippen LogP contribution in [0.4, 0.5) is 35.2 Å². The van der Waals surface area contributed by atoms with Gasteiger partial charge in [-0.2, -0.15) is 13.2 Å². The SMILES string of the molecule is Cc1oc(-c2ccccc2)nc1CC(=O)Nc1cc(NC(=O)Nc2c[n+](Cc3ccccn3)no2)cc(C(F)(F)F)c1. The fourth-order valence-electron chi connectivity index (χ4n) is 3.93. The Balaban J connectivity index is 1.26. The maximum absolute atomic E-state index is 13.6. The van der Waals surface area contributed by atoms with Crippen LogP contribution in [0.1, 0.15) is 22.7 Å². The number of alkyl halides is 3. The standard InChI is InChI=1S/C28H22F3N7O4/c1-17-23(35-26(41-17)18-7-3-2-4-8-18)14-24(39)33-21-11-19(28(29,30)31)12-22(13-21)34-27(40)36-25-16-38(37-42-25)15-20-9-5-6-10-32-20/h2-13,16H,14-15H2,1H3,(H2-,33,34,36,37,39,40)/p+1. The lowest BCUT2D eigenvalue weighted by Crippen LogP contribution is -2.35. The van der Waals surface area contributed by atoms with Crippen LogP contribution in [-0.2, 0) is 23.9 Å². The molecule has 0 saturated carbocycles. The number of hydrogen-bond acceptors (Lipinski definition) is 7. The zero-order chi connectivity index (χ0) is 29.7. The van der Waals surface area contributed by atoms with E-state index < -0.39 is 23.7 Å². The molecule has 11 nitrogen and oxygen atoms in total. The van der Waals surface area contributed by atoms with Gasteiger partial charge in [-0.25, -0.2) is 9.78 Å². The summed E-state index contributed by atoms with van der Waals surface area (Å²) in [6.45, 7) is 1.91. The minimum atomic E-state index is -4.75. The Labute approximate surface area is 236 Å². The molecule has 0 radical (unpaired) electrons. The van der Waals surface area contributed by atoms with Crippen LogP contribution in [0.15, 0.2) is 88.1 Å². The molecule has 0 aliphatic carbocycles. The number of rotatable bonds is 8. The summed E-state index contributed by atoms with van der Waals surface area (Å²) in [7, 11) is 0. The van der Waals surface area contributed by atoms with Crippen molar-refractivity contribution in [3.05, 3.63) is 102 Å². The largest absolute Gasteiger partial charge is 0.441 e. The summed E-state index contributed by atoms with van der Waals surface area (Å²) in [5, 5.41) is 10.9. The summed E-state index contributed by atoms with van der Waals surface area (Å²) in [5.74, 6) is 0.0453. The van der Waals surface area contributed by atoms with Crippen LogP contribution in [0.25, 0.3) is 11.5 Å². The first kappa shape index (κ1) is 28.0. The highest BCUT2D eigenvalue weighted by atomic mass is 19.4. The summed E-state index contributed by atoms with van der Waals surface area (Å²) in [4.78, 5) is 33.8. The fourth-order valence-corrected chi connectivity index (χ4v) is 3.93. The van der Waals surface area contributed by atoms with E-state index in [9.17, 15) is 22.8 Å². The van der Waals surface area contributed by atoms with E-state index in [1.165, 1.54) is 16.9 Å². The summed E-state index contributed by atoms with van der Waals surface area (Å²) < 4.78 is 53.0. The van der Waals surface area contributed by atoms with Gasteiger partial charge < -0.3 is 15.1 Å². The van der Waals surface area contributed by atoms with Crippen molar-refractivity contribution in [2.75, 3.05) is 16.0 Å². The van der Waals surface area contributed by atoms with Crippen molar-refractivity contribution < 1.29 is 36.4 Å². The number of carbonyl (C=O) groups excluding carboxylic acids is 2. The topological polar surface area (TPSA) is 139 Å². The molecule has 214 valence electrons. The van der Waals surface area contributed by atoms with Crippen molar-refractivity contribution in [1.29, 1.82) is 0 Å². The van der Waals surface area contributed by atoms with E-state index in [0.717, 1.165) is 12.1 Å². The second-order valence-corrected chi connectivity index (χ2v) is 9.07. The Morgan fingerprint density at radius 1 is 0.952 bits per heavy atom. The second-order valence-electron chi connectivity index (χ2n) is 9.07. The first-order valence-electron chi connectivity index (χ1n) is 12.5. The molecular formula is C28H23F3N7O4+. The Morgan fingerprint density at radius 3 is 2.40 bits per heavy atom. The van der Waals surface area contributed by atoms with Gasteiger partial charge in [0, 0.05) is 23.1 Å². The number of urea groups is 1. The zero-order valence-electron chi connectivity index (χ0n) is 22.0. The molecule has 3 amide bonds. The van der Waals surface area contributed by atoms with E-state index in [1.54, 1.807) is 43.5 Å². The predicted octanol–water partition coefficient (Wildman–Crippen LogP) is 5.21. The first-order valence-corrected chi connectivity index (χ1v) is 12.5. The maximum Gasteiger partial charge on any atom is 0.416 e. The quantitative estimate of drug-likeness (QED) is 0.215. The van der Waals surface area contributed by atoms with Gasteiger partial charge >= 0.3 is 18.1 Å². The first-order chi connectivity index (χ1) is 20.1. The highest BCUT2D eigenvalue weighted by Crippen LogP contribution is 2.33. The Morgan fingerprint density at radius 2 is 1.69 bits per heavy atom. The number of halogens is 3. The third kappa shape index (κ3) is 7.15. The van der Waals surface area contributed by atoms with Gasteiger partial charge in [0.05, 0.1) is 17.7 Å². The molecule has 14 heteroatoms. The number of nitrogens with zero attached hydrogens (tertiary/aromatic N) is 4. The van der Waals surface area contributed by atoms with Crippen LogP contribution in [0.2, 0.25) is 0 Å². The van der Waals surface area contributed by atoms with Gasteiger partial charge in [0.2, 0.25) is 23.6 Å². The van der Waals surface area contributed by atoms with Gasteiger partial charge in [-0.05, 0) is 54.1 Å². The molecule has 5 aromatic rings. The van der Waals surface area contributed by atoms with Gasteiger partial charge in [-0.3, -0.25) is 19.6 Å². The number of anilines is 3. The number of aryl methyl sites for hydroxylation is 1. The van der Waals surface area contributed by atoms with Crippen LogP contribution < -0.4 is 20.6 Å². The lowest BCUT2D eigenvalue weighted by Gasteiger charge is -2.13. The Hall–Kier alpha value is -5.53. The fraction of sp³-hybridized carbons (Fsp3) is 0.143. The number of hydrogen-bond donors (Lipinski definition) is 3. The Bertz CT molecular complexity index is 1700. The zero-order valence-corrected chi connectivity index (χ0v) is 22.0. The van der Waals surface area contributed by atoms with Gasteiger partial charge in [0.15, 0.2) is 0 Å². The van der Waals surface area contributed by atoms with Gasteiger partial charge in [-0.15, -0.1) is 0 Å². The van der Waals surface area contributed by atoms with Crippen molar-refractivity contribution >= 4 is 29.2 Å². The van der Waals surface area contributed by atoms with E-state index in [-0.39, 0.29) is 30.2 Å². The summed E-state index contributed by atoms with van der Waals surface area (Å²) in [5.41, 5.74) is 0.272. The molecule has 0 unspecified atom stereocenters. The molecule has 0 aliphatic heterocycles. The molecule has 0 fully saturated rings. The van der Waals surface area contributed by atoms with Crippen molar-refractivity contribution in [3.8, 4) is 11.5 Å². The van der Waals surface area contributed by atoms with Crippen molar-refractivity contribution in [2.45, 2.75) is 26.1 Å². The van der Waals surface area contributed by atoms with E-state index >= 15 is 0 Å². The van der Waals surface area contributed by atoms with E-state index in [2.05, 4.69) is 31.2 Å². The average Bonchev–Trinajstić information content (AvgIpc) is 3.54. The maximum atomic E-state index is 13.6. The number of pyridine rings is 1. The smallest absolute Gasteiger partial charge is 0.416 e. The Kier molecular flexibility index (Phi) is 7.95. The normalized spacial score (nSPS) is 11.2. The molecular weight excluding hydrogens is 555 g/mol. The molecule has 0 spiro atoms.